The van der Waals surface area contributed by atoms with Gasteiger partial charge < -0.3 is 10.1 Å². The minimum absolute atomic E-state index is 0.0982. The lowest BCUT2D eigenvalue weighted by Gasteiger charge is -2.29. The number of hydrogen-bond acceptors (Lipinski definition) is 4. The molecule has 6 nitrogen and oxygen atoms in total. The van der Waals surface area contributed by atoms with E-state index in [2.05, 4.69) is 5.32 Å². The van der Waals surface area contributed by atoms with Crippen LogP contribution in [0.3, 0.4) is 0 Å². The number of ether oxygens (including phenoxy) is 1. The van der Waals surface area contributed by atoms with Crippen LogP contribution in [0.2, 0.25) is 0 Å². The van der Waals surface area contributed by atoms with Crippen molar-refractivity contribution in [3.63, 3.8) is 0 Å². The van der Waals surface area contributed by atoms with Crippen molar-refractivity contribution in [1.29, 1.82) is 0 Å². The largest absolute Gasteiger partial charge is 0.489 e. The van der Waals surface area contributed by atoms with Crippen LogP contribution in [0.4, 0.5) is 24.5 Å². The van der Waals surface area contributed by atoms with E-state index in [-0.39, 0.29) is 24.5 Å². The molecule has 1 amide bonds. The number of carbonyl (C=O) groups excluding carboxylic acids is 1. The maximum atomic E-state index is 13.7. The molecule has 0 saturated carbocycles. The second-order valence-electron chi connectivity index (χ2n) is 5.54. The maximum Gasteiger partial charge on any atom is 0.258 e. The second-order valence-corrected chi connectivity index (χ2v) is 7.45. The highest BCUT2D eigenvalue weighted by molar-refractivity contribution is 7.92. The summed E-state index contributed by atoms with van der Waals surface area (Å²) in [6.45, 7) is 0.271. The van der Waals surface area contributed by atoms with Crippen molar-refractivity contribution in [1.82, 2.24) is 0 Å². The van der Waals surface area contributed by atoms with E-state index >= 15 is 0 Å². The molecule has 0 radical (unpaired) electrons. The molecular weight excluding hydrogens is 373 g/mol. The smallest absolute Gasteiger partial charge is 0.258 e. The van der Waals surface area contributed by atoms with Gasteiger partial charge in [0.2, 0.25) is 10.0 Å². The van der Waals surface area contributed by atoms with Crippen LogP contribution in [0, 0.1) is 17.5 Å². The van der Waals surface area contributed by atoms with Gasteiger partial charge in [0.05, 0.1) is 24.1 Å². The van der Waals surface area contributed by atoms with Crippen molar-refractivity contribution < 1.29 is 31.1 Å². The molecule has 0 aromatic heterocycles. The number of fused-ring (bicyclic) bond motifs is 1. The highest BCUT2D eigenvalue weighted by Crippen LogP contribution is 2.35. The van der Waals surface area contributed by atoms with Crippen molar-refractivity contribution in [3.8, 4) is 5.75 Å². The quantitative estimate of drug-likeness (QED) is 0.823. The van der Waals surface area contributed by atoms with Crippen molar-refractivity contribution in [2.24, 2.45) is 0 Å². The minimum Gasteiger partial charge on any atom is -0.489 e. The van der Waals surface area contributed by atoms with Crippen molar-refractivity contribution in [2.75, 3.05) is 29.0 Å². The third-order valence-corrected chi connectivity index (χ3v) is 4.90. The van der Waals surface area contributed by atoms with E-state index in [1.165, 1.54) is 18.2 Å². The molecule has 1 aliphatic heterocycles. The van der Waals surface area contributed by atoms with Crippen molar-refractivity contribution >= 4 is 27.3 Å². The molecule has 1 aliphatic rings. The molecule has 0 spiro atoms. The fourth-order valence-corrected chi connectivity index (χ4v) is 3.42. The van der Waals surface area contributed by atoms with E-state index in [1.54, 1.807) is 0 Å². The zero-order chi connectivity index (χ0) is 19.1. The van der Waals surface area contributed by atoms with Crippen LogP contribution in [0.1, 0.15) is 10.4 Å². The maximum absolute atomic E-state index is 13.7. The zero-order valence-corrected chi connectivity index (χ0v) is 14.2. The number of nitrogens with one attached hydrogen (secondary N) is 1. The molecule has 0 saturated heterocycles. The first kappa shape index (κ1) is 18.1. The summed E-state index contributed by atoms with van der Waals surface area (Å²) in [5.74, 6) is -5.47. The van der Waals surface area contributed by atoms with Gasteiger partial charge in [-0.25, -0.2) is 21.6 Å². The van der Waals surface area contributed by atoms with Crippen molar-refractivity contribution in [3.05, 3.63) is 53.3 Å². The predicted octanol–water partition coefficient (Wildman–Crippen LogP) is 2.51. The predicted molar refractivity (Wildman–Crippen MR) is 88.4 cm³/mol. The molecular formula is C16H13F3N2O4S. The Bertz CT molecular complexity index is 995. The Morgan fingerprint density at radius 1 is 1.15 bits per heavy atom. The SMILES string of the molecule is CS(=O)(=O)N1CCOc2ccc(NC(=O)c3ccc(F)c(F)c3F)cc21. The summed E-state index contributed by atoms with van der Waals surface area (Å²) in [4.78, 5) is 12.1. The van der Waals surface area contributed by atoms with Gasteiger partial charge in [0.1, 0.15) is 12.4 Å². The lowest BCUT2D eigenvalue weighted by Crippen LogP contribution is -2.37. The molecule has 26 heavy (non-hydrogen) atoms. The van der Waals surface area contributed by atoms with E-state index in [1.807, 2.05) is 0 Å². The van der Waals surface area contributed by atoms with E-state index < -0.39 is 38.9 Å². The van der Waals surface area contributed by atoms with E-state index in [9.17, 15) is 26.4 Å². The zero-order valence-electron chi connectivity index (χ0n) is 13.4. The fourth-order valence-electron chi connectivity index (χ4n) is 2.52. The molecule has 0 atom stereocenters. The Morgan fingerprint density at radius 2 is 1.88 bits per heavy atom. The summed E-state index contributed by atoms with van der Waals surface area (Å²) < 4.78 is 70.2. The summed E-state index contributed by atoms with van der Waals surface area (Å²) in [6, 6.07) is 5.65. The summed E-state index contributed by atoms with van der Waals surface area (Å²) in [6.07, 6.45) is 1.03. The Morgan fingerprint density at radius 3 is 2.58 bits per heavy atom. The van der Waals surface area contributed by atoms with Gasteiger partial charge in [0.25, 0.3) is 5.91 Å². The molecule has 1 N–H and O–H groups in total. The number of nitrogens with zero attached hydrogens (tertiary/aromatic N) is 1. The Hall–Kier alpha value is -2.75. The Balaban J connectivity index is 1.92. The van der Waals surface area contributed by atoms with Crippen LogP contribution in [0.15, 0.2) is 30.3 Å². The van der Waals surface area contributed by atoms with Gasteiger partial charge in [-0.3, -0.25) is 9.10 Å². The topological polar surface area (TPSA) is 75.7 Å². The van der Waals surface area contributed by atoms with Crippen LogP contribution in [0.5, 0.6) is 5.75 Å². The standard InChI is InChI=1S/C16H13F3N2O4S/c1-26(23,24)21-6-7-25-13-5-2-9(8-12(13)21)20-16(22)10-3-4-11(17)15(19)14(10)18/h2-5,8H,6-7H2,1H3,(H,20,22). The van der Waals surface area contributed by atoms with E-state index in [0.717, 1.165) is 16.6 Å². The average molecular weight is 386 g/mol. The van der Waals surface area contributed by atoms with Gasteiger partial charge in [-0.05, 0) is 30.3 Å². The van der Waals surface area contributed by atoms with Crippen LogP contribution in [0.25, 0.3) is 0 Å². The van der Waals surface area contributed by atoms with E-state index in [0.29, 0.717) is 11.8 Å². The van der Waals surface area contributed by atoms with Gasteiger partial charge in [0, 0.05) is 5.69 Å². The third-order valence-electron chi connectivity index (χ3n) is 3.72. The number of halogens is 3. The monoisotopic (exact) mass is 386 g/mol. The Labute approximate surface area is 147 Å². The number of anilines is 2. The average Bonchev–Trinajstić information content (AvgIpc) is 2.58. The first-order valence-electron chi connectivity index (χ1n) is 7.38. The van der Waals surface area contributed by atoms with Crippen molar-refractivity contribution in [2.45, 2.75) is 0 Å². The molecule has 0 bridgehead atoms. The number of amides is 1. The first-order chi connectivity index (χ1) is 12.2. The summed E-state index contributed by atoms with van der Waals surface area (Å²) in [7, 11) is -3.56. The minimum atomic E-state index is -3.56. The van der Waals surface area contributed by atoms with Gasteiger partial charge >= 0.3 is 0 Å². The summed E-state index contributed by atoms with van der Waals surface area (Å²) >= 11 is 0. The molecule has 1 heterocycles. The summed E-state index contributed by atoms with van der Waals surface area (Å²) in [5.41, 5.74) is -0.336. The van der Waals surface area contributed by atoms with Crippen LogP contribution in [-0.4, -0.2) is 33.7 Å². The molecule has 10 heteroatoms. The summed E-state index contributed by atoms with van der Waals surface area (Å²) in [5, 5.41) is 2.32. The third kappa shape index (κ3) is 3.32. The lowest BCUT2D eigenvalue weighted by molar-refractivity contribution is 0.102. The first-order valence-corrected chi connectivity index (χ1v) is 9.22. The molecule has 0 unspecified atom stereocenters. The van der Waals surface area contributed by atoms with Gasteiger partial charge in [-0.15, -0.1) is 0 Å². The van der Waals surface area contributed by atoms with Crippen LogP contribution in [-0.2, 0) is 10.0 Å². The molecule has 3 rings (SSSR count). The number of benzene rings is 2. The number of hydrogen-bond donors (Lipinski definition) is 1. The number of rotatable bonds is 3. The molecule has 2 aromatic rings. The Kier molecular flexibility index (Phi) is 4.53. The number of sulfonamides is 1. The molecule has 0 fully saturated rings. The molecule has 138 valence electrons. The van der Waals surface area contributed by atoms with Gasteiger partial charge in [-0.1, -0.05) is 0 Å². The number of carbonyl (C=O) groups is 1. The highest BCUT2D eigenvalue weighted by atomic mass is 32.2. The fraction of sp³-hybridized carbons (Fsp3) is 0.188. The second kappa shape index (κ2) is 6.52. The van der Waals surface area contributed by atoms with Gasteiger partial charge in [0.15, 0.2) is 17.5 Å². The lowest BCUT2D eigenvalue weighted by atomic mass is 10.1. The van der Waals surface area contributed by atoms with E-state index in [4.69, 9.17) is 4.74 Å². The normalized spacial score (nSPS) is 13.8. The highest BCUT2D eigenvalue weighted by Gasteiger charge is 2.26. The molecule has 2 aromatic carbocycles. The van der Waals surface area contributed by atoms with Crippen LogP contribution < -0.4 is 14.4 Å². The molecule has 0 aliphatic carbocycles. The van der Waals surface area contributed by atoms with Crippen LogP contribution >= 0.6 is 0 Å². The van der Waals surface area contributed by atoms with Gasteiger partial charge in [-0.2, -0.15) is 0 Å².